The molecule has 1 aliphatic heterocycles. The first-order valence-electron chi connectivity index (χ1n) is 11.1. The molecule has 1 saturated heterocycles. The maximum absolute atomic E-state index is 12.3. The third-order valence-corrected chi connectivity index (χ3v) is 5.47. The fourth-order valence-corrected chi connectivity index (χ4v) is 3.81. The zero-order chi connectivity index (χ0) is 24.3. The number of anilines is 3. The highest BCUT2D eigenvalue weighted by molar-refractivity contribution is 5.77. The van der Waals surface area contributed by atoms with E-state index in [1.807, 2.05) is 51.1 Å². The van der Waals surface area contributed by atoms with Gasteiger partial charge >= 0.3 is 6.09 Å². The molecule has 1 aliphatic rings. The average molecular weight is 465 g/mol. The van der Waals surface area contributed by atoms with Gasteiger partial charge in [0.1, 0.15) is 11.3 Å². The summed E-state index contributed by atoms with van der Waals surface area (Å²) in [4.78, 5) is 27.5. The predicted octanol–water partition coefficient (Wildman–Crippen LogP) is 5.66. The van der Waals surface area contributed by atoms with E-state index < -0.39 is 10.5 Å². The Labute approximate surface area is 198 Å². The number of benzene rings is 2. The first kappa shape index (κ1) is 23.2. The Balaban J connectivity index is 1.46. The van der Waals surface area contributed by atoms with Crippen molar-refractivity contribution in [2.45, 2.75) is 26.4 Å². The molecule has 4 rings (SSSR count). The number of hydrogen-bond donors (Lipinski definition) is 1. The molecule has 2 aromatic carbocycles. The molecule has 0 saturated carbocycles. The van der Waals surface area contributed by atoms with Crippen LogP contribution >= 0.6 is 0 Å². The van der Waals surface area contributed by atoms with E-state index in [4.69, 9.17) is 9.15 Å². The smallest absolute Gasteiger partial charge is 0.410 e. The largest absolute Gasteiger partial charge is 0.472 e. The molecular formula is C25H28N4O5. The number of nitrogens with one attached hydrogen (secondary N) is 1. The summed E-state index contributed by atoms with van der Waals surface area (Å²) in [6.07, 6.45) is 2.79. The van der Waals surface area contributed by atoms with Crippen molar-refractivity contribution < 1.29 is 18.9 Å². The highest BCUT2D eigenvalue weighted by Crippen LogP contribution is 2.33. The molecule has 1 N–H and O–H groups in total. The second-order valence-electron chi connectivity index (χ2n) is 9.13. The Morgan fingerprint density at radius 2 is 1.82 bits per heavy atom. The minimum absolute atomic E-state index is 0.0184. The highest BCUT2D eigenvalue weighted by Gasteiger charge is 2.26. The van der Waals surface area contributed by atoms with Crippen molar-refractivity contribution in [3.8, 4) is 11.1 Å². The molecule has 1 aromatic heterocycles. The van der Waals surface area contributed by atoms with E-state index in [1.54, 1.807) is 23.3 Å². The van der Waals surface area contributed by atoms with Crippen LogP contribution in [0.15, 0.2) is 65.5 Å². The van der Waals surface area contributed by atoms with Gasteiger partial charge in [0.15, 0.2) is 0 Å². The molecule has 0 unspecified atom stereocenters. The topological polar surface area (TPSA) is 101 Å². The number of furan rings is 1. The van der Waals surface area contributed by atoms with E-state index in [9.17, 15) is 14.9 Å². The van der Waals surface area contributed by atoms with Crippen LogP contribution in [-0.4, -0.2) is 47.7 Å². The average Bonchev–Trinajstić information content (AvgIpc) is 3.33. The molecule has 0 spiro atoms. The van der Waals surface area contributed by atoms with E-state index in [0.717, 1.165) is 16.9 Å². The van der Waals surface area contributed by atoms with Crippen molar-refractivity contribution in [2.24, 2.45) is 0 Å². The Morgan fingerprint density at radius 1 is 1.06 bits per heavy atom. The first-order valence-corrected chi connectivity index (χ1v) is 11.1. The van der Waals surface area contributed by atoms with Crippen molar-refractivity contribution in [1.29, 1.82) is 0 Å². The lowest BCUT2D eigenvalue weighted by atomic mass is 10.1. The summed E-state index contributed by atoms with van der Waals surface area (Å²) in [5.41, 5.74) is 3.08. The molecule has 9 nitrogen and oxygen atoms in total. The summed E-state index contributed by atoms with van der Waals surface area (Å²) in [7, 11) is 0. The third kappa shape index (κ3) is 5.48. The quantitative estimate of drug-likeness (QED) is 0.384. The van der Waals surface area contributed by atoms with Gasteiger partial charge in [0.05, 0.1) is 17.4 Å². The fourth-order valence-electron chi connectivity index (χ4n) is 3.81. The van der Waals surface area contributed by atoms with Crippen LogP contribution in [0.1, 0.15) is 20.8 Å². The Kier molecular flexibility index (Phi) is 6.45. The summed E-state index contributed by atoms with van der Waals surface area (Å²) in [5.74, 6) is 0. The van der Waals surface area contributed by atoms with Crippen LogP contribution in [-0.2, 0) is 4.74 Å². The van der Waals surface area contributed by atoms with E-state index in [0.29, 0.717) is 37.4 Å². The van der Waals surface area contributed by atoms with Crippen LogP contribution in [0.4, 0.5) is 27.5 Å². The van der Waals surface area contributed by atoms with Crippen molar-refractivity contribution >= 4 is 28.8 Å². The number of rotatable bonds is 5. The molecule has 1 fully saturated rings. The van der Waals surface area contributed by atoms with Crippen molar-refractivity contribution in [2.75, 3.05) is 36.4 Å². The maximum Gasteiger partial charge on any atom is 0.410 e. The van der Waals surface area contributed by atoms with Gasteiger partial charge in [-0.1, -0.05) is 12.1 Å². The van der Waals surface area contributed by atoms with Crippen molar-refractivity contribution in [3.63, 3.8) is 0 Å². The number of hydrogen-bond acceptors (Lipinski definition) is 7. The normalized spacial score (nSPS) is 14.1. The van der Waals surface area contributed by atoms with Gasteiger partial charge in [-0.15, -0.1) is 0 Å². The second-order valence-corrected chi connectivity index (χ2v) is 9.13. The molecule has 178 valence electrons. The van der Waals surface area contributed by atoms with E-state index in [2.05, 4.69) is 10.2 Å². The number of nitro groups is 1. The second kappa shape index (κ2) is 9.46. The first-order chi connectivity index (χ1) is 16.2. The summed E-state index contributed by atoms with van der Waals surface area (Å²) in [6, 6.07) is 14.5. The molecule has 2 heterocycles. The zero-order valence-corrected chi connectivity index (χ0v) is 19.5. The number of nitro benzene ring substituents is 1. The Morgan fingerprint density at radius 3 is 2.47 bits per heavy atom. The van der Waals surface area contributed by atoms with Crippen LogP contribution in [0.25, 0.3) is 11.1 Å². The van der Waals surface area contributed by atoms with Gasteiger partial charge in [-0.05, 0) is 56.7 Å². The maximum atomic E-state index is 12.3. The van der Waals surface area contributed by atoms with Crippen LogP contribution < -0.4 is 10.2 Å². The lowest BCUT2D eigenvalue weighted by Crippen LogP contribution is -2.50. The van der Waals surface area contributed by atoms with E-state index in [1.165, 1.54) is 12.3 Å². The van der Waals surface area contributed by atoms with Gasteiger partial charge in [0, 0.05) is 49.2 Å². The van der Waals surface area contributed by atoms with Gasteiger partial charge < -0.3 is 24.3 Å². The molecule has 0 bridgehead atoms. The lowest BCUT2D eigenvalue weighted by molar-refractivity contribution is -0.383. The van der Waals surface area contributed by atoms with Gasteiger partial charge in [0.2, 0.25) is 0 Å². The van der Waals surface area contributed by atoms with Crippen molar-refractivity contribution in [3.05, 3.63) is 71.2 Å². The summed E-state index contributed by atoms with van der Waals surface area (Å²) >= 11 is 0. The van der Waals surface area contributed by atoms with Crippen LogP contribution in [0, 0.1) is 10.1 Å². The third-order valence-electron chi connectivity index (χ3n) is 5.47. The predicted molar refractivity (Wildman–Crippen MR) is 131 cm³/mol. The number of carbonyl (C=O) groups excluding carboxylic acids is 1. The minimum Gasteiger partial charge on any atom is -0.472 e. The lowest BCUT2D eigenvalue weighted by Gasteiger charge is -2.36. The van der Waals surface area contributed by atoms with E-state index >= 15 is 0 Å². The molecule has 0 radical (unpaired) electrons. The number of ether oxygens (including phenoxy) is 1. The minimum atomic E-state index is -0.520. The molecule has 34 heavy (non-hydrogen) atoms. The SMILES string of the molecule is CC(C)(C)OC(=O)N1CCN(c2cccc(Nc3ccc(-c4ccoc4)cc3[N+](=O)[O-])c2)CC1. The molecular weight excluding hydrogens is 436 g/mol. The summed E-state index contributed by atoms with van der Waals surface area (Å²) < 4.78 is 10.6. The van der Waals surface area contributed by atoms with Crippen LogP contribution in [0.5, 0.6) is 0 Å². The highest BCUT2D eigenvalue weighted by atomic mass is 16.6. The molecule has 0 atom stereocenters. The Bertz CT molecular complexity index is 1160. The number of nitrogens with zero attached hydrogens (tertiary/aromatic N) is 3. The summed E-state index contributed by atoms with van der Waals surface area (Å²) in [6.45, 7) is 8.03. The molecule has 9 heteroatoms. The molecule has 3 aromatic rings. The monoisotopic (exact) mass is 464 g/mol. The van der Waals surface area contributed by atoms with Gasteiger partial charge in [-0.2, -0.15) is 0 Å². The van der Waals surface area contributed by atoms with Gasteiger partial charge in [0.25, 0.3) is 5.69 Å². The van der Waals surface area contributed by atoms with Crippen LogP contribution in [0.3, 0.4) is 0 Å². The summed E-state index contributed by atoms with van der Waals surface area (Å²) in [5, 5.41) is 14.9. The van der Waals surface area contributed by atoms with Crippen molar-refractivity contribution in [1.82, 2.24) is 4.90 Å². The fraction of sp³-hybridized carbons (Fsp3) is 0.320. The molecule has 1 amide bonds. The van der Waals surface area contributed by atoms with Gasteiger partial charge in [-0.3, -0.25) is 10.1 Å². The molecule has 0 aliphatic carbocycles. The standard InChI is InChI=1S/C25H28N4O5/c1-25(2,3)34-24(30)28-12-10-27(11-13-28)21-6-4-5-20(16-21)26-22-8-7-18(15-23(22)29(31)32)19-9-14-33-17-19/h4-9,14-17,26H,10-13H2,1-3H3. The number of piperazine rings is 1. The van der Waals surface area contributed by atoms with Crippen LogP contribution in [0.2, 0.25) is 0 Å². The van der Waals surface area contributed by atoms with E-state index in [-0.39, 0.29) is 11.8 Å². The van der Waals surface area contributed by atoms with Gasteiger partial charge in [-0.25, -0.2) is 4.79 Å². The Hall–Kier alpha value is -4.01. The zero-order valence-electron chi connectivity index (χ0n) is 19.5. The number of carbonyl (C=O) groups is 1. The number of amides is 1.